The van der Waals surface area contributed by atoms with E-state index in [2.05, 4.69) is 11.8 Å². The molecule has 17 heavy (non-hydrogen) atoms. The van der Waals surface area contributed by atoms with Gasteiger partial charge < -0.3 is 15.2 Å². The highest BCUT2D eigenvalue weighted by Crippen LogP contribution is 2.26. The van der Waals surface area contributed by atoms with Crippen molar-refractivity contribution >= 4 is 5.69 Å². The van der Waals surface area contributed by atoms with E-state index in [9.17, 15) is 4.79 Å². The van der Waals surface area contributed by atoms with Gasteiger partial charge in [0.15, 0.2) is 0 Å². The van der Waals surface area contributed by atoms with Crippen LogP contribution in [0.1, 0.15) is 26.2 Å². The molecule has 0 amide bonds. The lowest BCUT2D eigenvalue weighted by atomic mass is 10.3. The van der Waals surface area contributed by atoms with Gasteiger partial charge in [0.1, 0.15) is 0 Å². The SMILES string of the molecule is CCN(CCCn1cc(N)ccc1=O)C1CC1. The number of nitrogens with zero attached hydrogens (tertiary/aromatic N) is 2. The van der Waals surface area contributed by atoms with E-state index in [0.29, 0.717) is 5.69 Å². The monoisotopic (exact) mass is 235 g/mol. The molecule has 0 radical (unpaired) electrons. The Hall–Kier alpha value is -1.29. The van der Waals surface area contributed by atoms with Crippen molar-refractivity contribution in [3.8, 4) is 0 Å². The van der Waals surface area contributed by atoms with Crippen LogP contribution in [0.15, 0.2) is 23.1 Å². The molecule has 2 rings (SSSR count). The van der Waals surface area contributed by atoms with Crippen LogP contribution in [0.3, 0.4) is 0 Å². The molecule has 4 nitrogen and oxygen atoms in total. The largest absolute Gasteiger partial charge is 0.398 e. The zero-order valence-electron chi connectivity index (χ0n) is 10.4. The van der Waals surface area contributed by atoms with Gasteiger partial charge in [-0.05, 0) is 31.9 Å². The number of hydrogen-bond acceptors (Lipinski definition) is 3. The molecule has 0 bridgehead atoms. The van der Waals surface area contributed by atoms with Gasteiger partial charge >= 0.3 is 0 Å². The second kappa shape index (κ2) is 5.36. The number of aryl methyl sites for hydroxylation is 1. The van der Waals surface area contributed by atoms with Gasteiger partial charge in [0.25, 0.3) is 5.56 Å². The van der Waals surface area contributed by atoms with Crippen LogP contribution in [0.4, 0.5) is 5.69 Å². The number of anilines is 1. The van der Waals surface area contributed by atoms with Gasteiger partial charge in [-0.1, -0.05) is 6.92 Å². The molecule has 1 aromatic rings. The molecule has 0 saturated heterocycles. The lowest BCUT2D eigenvalue weighted by molar-refractivity contribution is 0.268. The van der Waals surface area contributed by atoms with Crippen LogP contribution in [0.2, 0.25) is 0 Å². The average Bonchev–Trinajstić information content (AvgIpc) is 3.13. The lowest BCUT2D eigenvalue weighted by Crippen LogP contribution is -2.28. The highest BCUT2D eigenvalue weighted by atomic mass is 16.1. The molecule has 1 saturated carbocycles. The van der Waals surface area contributed by atoms with Gasteiger partial charge in [-0.3, -0.25) is 4.79 Å². The molecule has 0 aromatic carbocycles. The fraction of sp³-hybridized carbons (Fsp3) is 0.615. The van der Waals surface area contributed by atoms with Crippen molar-refractivity contribution in [2.75, 3.05) is 18.8 Å². The molecule has 0 spiro atoms. The second-order valence-corrected chi connectivity index (χ2v) is 4.71. The quantitative estimate of drug-likeness (QED) is 0.808. The van der Waals surface area contributed by atoms with E-state index in [1.807, 2.05) is 0 Å². The summed E-state index contributed by atoms with van der Waals surface area (Å²) >= 11 is 0. The van der Waals surface area contributed by atoms with Crippen molar-refractivity contribution in [1.82, 2.24) is 9.47 Å². The molecule has 94 valence electrons. The molecule has 0 unspecified atom stereocenters. The predicted octanol–water partition coefficient (Wildman–Crippen LogP) is 1.30. The minimum Gasteiger partial charge on any atom is -0.398 e. The first-order valence-corrected chi connectivity index (χ1v) is 6.40. The van der Waals surface area contributed by atoms with E-state index in [4.69, 9.17) is 5.73 Å². The Morgan fingerprint density at radius 2 is 2.24 bits per heavy atom. The number of aromatic nitrogens is 1. The maximum atomic E-state index is 11.6. The fourth-order valence-electron chi connectivity index (χ4n) is 2.21. The topological polar surface area (TPSA) is 51.3 Å². The van der Waals surface area contributed by atoms with Gasteiger partial charge in [0, 0.05) is 37.1 Å². The summed E-state index contributed by atoms with van der Waals surface area (Å²) in [6, 6.07) is 3.99. The number of hydrogen-bond donors (Lipinski definition) is 1. The summed E-state index contributed by atoms with van der Waals surface area (Å²) in [6.45, 7) is 5.14. The standard InChI is InChI=1S/C13H21N3O/c1-2-15(12-5-6-12)8-3-9-16-10-11(14)4-7-13(16)17/h4,7,10,12H,2-3,5-6,8-9,14H2,1H3. The number of nitrogens with two attached hydrogens (primary N) is 1. The maximum absolute atomic E-state index is 11.6. The number of pyridine rings is 1. The van der Waals surface area contributed by atoms with Crippen molar-refractivity contribution in [2.24, 2.45) is 0 Å². The molecular formula is C13H21N3O. The highest BCUT2D eigenvalue weighted by molar-refractivity contribution is 5.33. The Balaban J connectivity index is 1.84. The van der Waals surface area contributed by atoms with E-state index in [1.54, 1.807) is 16.8 Å². The first-order valence-electron chi connectivity index (χ1n) is 6.40. The van der Waals surface area contributed by atoms with Gasteiger partial charge in [-0.15, -0.1) is 0 Å². The summed E-state index contributed by atoms with van der Waals surface area (Å²) in [7, 11) is 0. The summed E-state index contributed by atoms with van der Waals surface area (Å²) < 4.78 is 1.70. The van der Waals surface area contributed by atoms with E-state index in [0.717, 1.165) is 32.1 Å². The first-order chi connectivity index (χ1) is 8.20. The molecule has 0 aliphatic heterocycles. The van der Waals surface area contributed by atoms with Crippen LogP contribution in [-0.2, 0) is 6.54 Å². The number of nitrogen functional groups attached to an aromatic ring is 1. The molecular weight excluding hydrogens is 214 g/mol. The normalized spacial score (nSPS) is 15.4. The van der Waals surface area contributed by atoms with Crippen LogP contribution >= 0.6 is 0 Å². The minimum absolute atomic E-state index is 0.0358. The minimum atomic E-state index is 0.0358. The Bertz CT molecular complexity index is 423. The maximum Gasteiger partial charge on any atom is 0.250 e. The molecule has 1 aliphatic rings. The smallest absolute Gasteiger partial charge is 0.250 e. The molecule has 1 fully saturated rings. The Morgan fingerprint density at radius 1 is 1.47 bits per heavy atom. The van der Waals surface area contributed by atoms with Gasteiger partial charge in [-0.2, -0.15) is 0 Å². The van der Waals surface area contributed by atoms with E-state index >= 15 is 0 Å². The Labute approximate surface area is 102 Å². The molecule has 0 atom stereocenters. The lowest BCUT2D eigenvalue weighted by Gasteiger charge is -2.19. The summed E-state index contributed by atoms with van der Waals surface area (Å²) in [5.74, 6) is 0. The zero-order chi connectivity index (χ0) is 12.3. The average molecular weight is 235 g/mol. The van der Waals surface area contributed by atoms with Crippen LogP contribution in [0.5, 0.6) is 0 Å². The summed E-state index contributed by atoms with van der Waals surface area (Å²) in [5.41, 5.74) is 6.36. The van der Waals surface area contributed by atoms with Gasteiger partial charge in [0.05, 0.1) is 0 Å². The van der Waals surface area contributed by atoms with E-state index in [-0.39, 0.29) is 5.56 Å². The third-order valence-corrected chi connectivity index (χ3v) is 3.32. The van der Waals surface area contributed by atoms with Crippen LogP contribution in [0.25, 0.3) is 0 Å². The summed E-state index contributed by atoms with van der Waals surface area (Å²) in [6.07, 6.45) is 5.42. The number of rotatable bonds is 6. The van der Waals surface area contributed by atoms with Crippen molar-refractivity contribution in [1.29, 1.82) is 0 Å². The molecule has 1 aliphatic carbocycles. The first kappa shape index (κ1) is 12.2. The highest BCUT2D eigenvalue weighted by Gasteiger charge is 2.26. The Kier molecular flexibility index (Phi) is 3.84. The van der Waals surface area contributed by atoms with Crippen molar-refractivity contribution in [2.45, 2.75) is 38.8 Å². The third kappa shape index (κ3) is 3.33. The zero-order valence-corrected chi connectivity index (χ0v) is 10.4. The predicted molar refractivity (Wildman–Crippen MR) is 70.0 cm³/mol. The molecule has 1 heterocycles. The van der Waals surface area contributed by atoms with Crippen LogP contribution in [0, 0.1) is 0 Å². The second-order valence-electron chi connectivity index (χ2n) is 4.71. The van der Waals surface area contributed by atoms with E-state index < -0.39 is 0 Å². The molecule has 2 N–H and O–H groups in total. The van der Waals surface area contributed by atoms with Crippen molar-refractivity contribution in [3.05, 3.63) is 28.7 Å². The molecule has 4 heteroatoms. The third-order valence-electron chi connectivity index (χ3n) is 3.32. The van der Waals surface area contributed by atoms with Crippen LogP contribution < -0.4 is 11.3 Å². The van der Waals surface area contributed by atoms with E-state index in [1.165, 1.54) is 18.9 Å². The summed E-state index contributed by atoms with van der Waals surface area (Å²) in [5, 5.41) is 0. The summed E-state index contributed by atoms with van der Waals surface area (Å²) in [4.78, 5) is 14.1. The van der Waals surface area contributed by atoms with Gasteiger partial charge in [-0.25, -0.2) is 0 Å². The Morgan fingerprint density at radius 3 is 2.88 bits per heavy atom. The molecule has 1 aromatic heterocycles. The van der Waals surface area contributed by atoms with Crippen LogP contribution in [-0.4, -0.2) is 28.6 Å². The van der Waals surface area contributed by atoms with Crippen molar-refractivity contribution < 1.29 is 0 Å². The van der Waals surface area contributed by atoms with Gasteiger partial charge in [0.2, 0.25) is 0 Å². The fourth-order valence-corrected chi connectivity index (χ4v) is 2.21. The van der Waals surface area contributed by atoms with Crippen molar-refractivity contribution in [3.63, 3.8) is 0 Å².